The van der Waals surface area contributed by atoms with Crippen molar-refractivity contribution in [3.05, 3.63) is 36.2 Å². The van der Waals surface area contributed by atoms with Crippen LogP contribution in [0, 0.1) is 0 Å². The van der Waals surface area contributed by atoms with Crippen LogP contribution >= 0.6 is 0 Å². The fraction of sp³-hybridized carbons (Fsp3) is 0.368. The molecule has 2 aromatic heterocycles. The normalized spacial score (nSPS) is 15.5. The quantitative estimate of drug-likeness (QED) is 0.630. The van der Waals surface area contributed by atoms with Crippen LogP contribution in [-0.4, -0.2) is 57.8 Å². The molecule has 4 rings (SSSR count). The SMILES string of the molecule is C[C@H](Nc1nc(N2CCOCC2)cc(-n2c(C(F)F)nc3ccccc32)n1)C(N)=O. The molecule has 1 aliphatic rings. The van der Waals surface area contributed by atoms with Gasteiger partial charge in [-0.2, -0.15) is 9.97 Å². The van der Waals surface area contributed by atoms with Crippen molar-refractivity contribution in [3.8, 4) is 5.82 Å². The standard InChI is InChI=1S/C19H21F2N7O2/c1-11(17(22)29)23-19-25-14(27-6-8-30-9-7-27)10-15(26-19)28-13-5-3-2-4-12(13)24-18(28)16(20)21/h2-5,10-11,16H,6-9H2,1H3,(H2,22,29)(H,23,25,26)/t11-/m0/s1. The molecule has 0 saturated carbocycles. The maximum absolute atomic E-state index is 13.8. The number of anilines is 2. The average Bonchev–Trinajstić information content (AvgIpc) is 3.14. The van der Waals surface area contributed by atoms with E-state index in [1.54, 1.807) is 37.3 Å². The van der Waals surface area contributed by atoms with Gasteiger partial charge in [-0.3, -0.25) is 9.36 Å². The molecular weight excluding hydrogens is 396 g/mol. The summed E-state index contributed by atoms with van der Waals surface area (Å²) in [7, 11) is 0. The van der Waals surface area contributed by atoms with Gasteiger partial charge in [0.1, 0.15) is 17.7 Å². The van der Waals surface area contributed by atoms with Gasteiger partial charge in [-0.15, -0.1) is 0 Å². The fourth-order valence-electron chi connectivity index (χ4n) is 3.25. The van der Waals surface area contributed by atoms with E-state index >= 15 is 0 Å². The van der Waals surface area contributed by atoms with E-state index in [2.05, 4.69) is 20.3 Å². The summed E-state index contributed by atoms with van der Waals surface area (Å²) < 4.78 is 34.3. The van der Waals surface area contributed by atoms with E-state index in [0.29, 0.717) is 43.2 Å². The first-order chi connectivity index (χ1) is 14.4. The Morgan fingerprint density at radius 2 is 1.87 bits per heavy atom. The molecule has 1 aromatic carbocycles. The van der Waals surface area contributed by atoms with E-state index in [4.69, 9.17) is 10.5 Å². The topological polar surface area (TPSA) is 111 Å². The molecule has 0 unspecified atom stereocenters. The maximum atomic E-state index is 13.8. The number of carbonyl (C=O) groups excluding carboxylic acids is 1. The van der Waals surface area contributed by atoms with Crippen molar-refractivity contribution in [1.82, 2.24) is 19.5 Å². The summed E-state index contributed by atoms with van der Waals surface area (Å²) in [4.78, 5) is 26.4. The molecule has 1 atom stereocenters. The van der Waals surface area contributed by atoms with Crippen LogP contribution < -0.4 is 16.0 Å². The number of rotatable bonds is 6. The van der Waals surface area contributed by atoms with Gasteiger partial charge >= 0.3 is 0 Å². The molecule has 3 aromatic rings. The van der Waals surface area contributed by atoms with Gasteiger partial charge in [-0.05, 0) is 19.1 Å². The predicted molar refractivity (Wildman–Crippen MR) is 107 cm³/mol. The van der Waals surface area contributed by atoms with Crippen molar-refractivity contribution in [3.63, 3.8) is 0 Å². The zero-order chi connectivity index (χ0) is 21.3. The summed E-state index contributed by atoms with van der Waals surface area (Å²) in [6.45, 7) is 3.80. The van der Waals surface area contributed by atoms with Crippen LogP contribution in [-0.2, 0) is 9.53 Å². The molecule has 1 saturated heterocycles. The summed E-state index contributed by atoms with van der Waals surface area (Å²) in [6.07, 6.45) is -2.81. The number of hydrogen-bond donors (Lipinski definition) is 2. The predicted octanol–water partition coefficient (Wildman–Crippen LogP) is 1.88. The van der Waals surface area contributed by atoms with Gasteiger partial charge < -0.3 is 20.7 Å². The Labute approximate surface area is 170 Å². The molecule has 11 heteroatoms. The number of aromatic nitrogens is 4. The van der Waals surface area contributed by atoms with Crippen LogP contribution in [0.15, 0.2) is 30.3 Å². The Balaban J connectivity index is 1.87. The monoisotopic (exact) mass is 417 g/mol. The first-order valence-electron chi connectivity index (χ1n) is 9.47. The van der Waals surface area contributed by atoms with Gasteiger partial charge in [-0.25, -0.2) is 13.8 Å². The van der Waals surface area contributed by atoms with Gasteiger partial charge in [0.25, 0.3) is 6.43 Å². The second kappa shape index (κ2) is 8.19. The summed E-state index contributed by atoms with van der Waals surface area (Å²) in [5.41, 5.74) is 6.26. The van der Waals surface area contributed by atoms with Gasteiger partial charge in [0, 0.05) is 19.2 Å². The Morgan fingerprint density at radius 3 is 2.57 bits per heavy atom. The van der Waals surface area contributed by atoms with Crippen molar-refractivity contribution >= 4 is 28.7 Å². The van der Waals surface area contributed by atoms with Crippen molar-refractivity contribution in [2.45, 2.75) is 19.4 Å². The van der Waals surface area contributed by atoms with E-state index in [1.165, 1.54) is 4.57 Å². The van der Waals surface area contributed by atoms with E-state index < -0.39 is 24.2 Å². The van der Waals surface area contributed by atoms with Crippen molar-refractivity contribution in [2.75, 3.05) is 36.5 Å². The van der Waals surface area contributed by atoms with Crippen LogP contribution in [0.25, 0.3) is 16.9 Å². The number of primary amides is 1. The van der Waals surface area contributed by atoms with Crippen LogP contribution in [0.5, 0.6) is 0 Å². The highest BCUT2D eigenvalue weighted by atomic mass is 19.3. The molecule has 0 bridgehead atoms. The first kappa shape index (κ1) is 20.0. The number of para-hydroxylation sites is 2. The highest BCUT2D eigenvalue weighted by Crippen LogP contribution is 2.29. The molecule has 0 radical (unpaired) electrons. The molecule has 0 spiro atoms. The Kier molecular flexibility index (Phi) is 5.44. The zero-order valence-corrected chi connectivity index (χ0v) is 16.3. The minimum atomic E-state index is -2.81. The zero-order valence-electron chi connectivity index (χ0n) is 16.3. The summed E-state index contributed by atoms with van der Waals surface area (Å²) in [6, 6.07) is 7.72. The lowest BCUT2D eigenvalue weighted by atomic mass is 10.3. The van der Waals surface area contributed by atoms with Crippen LogP contribution in [0.3, 0.4) is 0 Å². The number of carbonyl (C=O) groups is 1. The maximum Gasteiger partial charge on any atom is 0.296 e. The first-order valence-corrected chi connectivity index (χ1v) is 9.47. The minimum Gasteiger partial charge on any atom is -0.378 e. The number of halogens is 2. The van der Waals surface area contributed by atoms with Crippen LogP contribution in [0.1, 0.15) is 19.2 Å². The number of nitrogens with one attached hydrogen (secondary N) is 1. The molecule has 3 N–H and O–H groups in total. The van der Waals surface area contributed by atoms with Gasteiger partial charge in [0.05, 0.1) is 24.2 Å². The number of hydrogen-bond acceptors (Lipinski definition) is 7. The van der Waals surface area contributed by atoms with E-state index in [0.717, 1.165) is 0 Å². The Morgan fingerprint density at radius 1 is 1.17 bits per heavy atom. The number of amides is 1. The minimum absolute atomic E-state index is 0.110. The Bertz CT molecular complexity index is 1070. The number of fused-ring (bicyclic) bond motifs is 1. The van der Waals surface area contributed by atoms with E-state index in [-0.39, 0.29) is 11.8 Å². The molecule has 1 fully saturated rings. The number of imidazole rings is 1. The van der Waals surface area contributed by atoms with Crippen LogP contribution in [0.4, 0.5) is 20.5 Å². The number of nitrogens with zero attached hydrogens (tertiary/aromatic N) is 5. The molecular formula is C19H21F2N7O2. The highest BCUT2D eigenvalue weighted by molar-refractivity contribution is 5.82. The third-order valence-electron chi connectivity index (χ3n) is 4.82. The molecule has 1 aliphatic heterocycles. The van der Waals surface area contributed by atoms with Gasteiger partial charge in [-0.1, -0.05) is 12.1 Å². The van der Waals surface area contributed by atoms with Gasteiger partial charge in [0.15, 0.2) is 5.82 Å². The lowest BCUT2D eigenvalue weighted by Gasteiger charge is -2.28. The second-order valence-electron chi connectivity index (χ2n) is 6.87. The van der Waals surface area contributed by atoms with E-state index in [1.807, 2.05) is 4.90 Å². The smallest absolute Gasteiger partial charge is 0.296 e. The number of ether oxygens (including phenoxy) is 1. The number of benzene rings is 1. The molecule has 158 valence electrons. The van der Waals surface area contributed by atoms with Crippen molar-refractivity contribution in [1.29, 1.82) is 0 Å². The van der Waals surface area contributed by atoms with Crippen LogP contribution in [0.2, 0.25) is 0 Å². The number of morpholine rings is 1. The summed E-state index contributed by atoms with van der Waals surface area (Å²) in [5, 5.41) is 2.84. The molecule has 3 heterocycles. The Hall–Kier alpha value is -3.34. The summed E-state index contributed by atoms with van der Waals surface area (Å²) >= 11 is 0. The van der Waals surface area contributed by atoms with Crippen molar-refractivity contribution < 1.29 is 18.3 Å². The molecule has 9 nitrogen and oxygen atoms in total. The molecule has 30 heavy (non-hydrogen) atoms. The lowest BCUT2D eigenvalue weighted by molar-refractivity contribution is -0.118. The largest absolute Gasteiger partial charge is 0.378 e. The third kappa shape index (κ3) is 3.88. The third-order valence-corrected chi connectivity index (χ3v) is 4.82. The fourth-order valence-corrected chi connectivity index (χ4v) is 3.25. The number of alkyl halides is 2. The average molecular weight is 417 g/mol. The van der Waals surface area contributed by atoms with Crippen molar-refractivity contribution in [2.24, 2.45) is 5.73 Å². The molecule has 0 aliphatic carbocycles. The van der Waals surface area contributed by atoms with Gasteiger partial charge in [0.2, 0.25) is 11.9 Å². The lowest BCUT2D eigenvalue weighted by Crippen LogP contribution is -2.37. The van der Waals surface area contributed by atoms with E-state index in [9.17, 15) is 13.6 Å². The number of nitrogens with two attached hydrogens (primary N) is 1. The summed E-state index contributed by atoms with van der Waals surface area (Å²) in [5.74, 6) is -0.150. The second-order valence-corrected chi connectivity index (χ2v) is 6.87. The molecule has 1 amide bonds. The highest BCUT2D eigenvalue weighted by Gasteiger charge is 2.23.